The van der Waals surface area contributed by atoms with Crippen molar-refractivity contribution in [2.45, 2.75) is 30.7 Å². The minimum atomic E-state index is -0.347. The molecule has 1 unspecified atom stereocenters. The lowest BCUT2D eigenvalue weighted by molar-refractivity contribution is 0.655. The van der Waals surface area contributed by atoms with Crippen LogP contribution in [0.25, 0.3) is 27.8 Å². The minimum Gasteiger partial charge on any atom is -0.381 e. The van der Waals surface area contributed by atoms with Gasteiger partial charge in [0.2, 0.25) is 0 Å². The van der Waals surface area contributed by atoms with Gasteiger partial charge in [-0.05, 0) is 96.8 Å². The zero-order chi connectivity index (χ0) is 30.6. The molecule has 3 nitrogen and oxygen atoms in total. The largest absolute Gasteiger partial charge is 0.381 e. The van der Waals surface area contributed by atoms with Crippen LogP contribution in [0.3, 0.4) is 0 Å². The summed E-state index contributed by atoms with van der Waals surface area (Å²) in [7, 11) is 0. The summed E-state index contributed by atoms with van der Waals surface area (Å²) in [5.41, 5.74) is 19.7. The number of hydrogen-bond acceptors (Lipinski definition) is 3. The van der Waals surface area contributed by atoms with Gasteiger partial charge in [-0.3, -0.25) is 0 Å². The Morgan fingerprint density at radius 1 is 0.674 bits per heavy atom. The van der Waals surface area contributed by atoms with Crippen molar-refractivity contribution in [2.24, 2.45) is 0 Å². The standard InChI is InChI=1S/C43H35N3/c1-42(2)36-22-26(16-18-31(36)32-19-17-27(23-37(32)42)39-15-7-8-20-44-39)28-24-38-41(46-25-28)40-35(14-9-21-45-40)43(38)33-12-5-3-10-29(33)30-11-4-6-13-34(30)43/h3-20,22-24,39,44-46H,21,25H2,1-2H3. The summed E-state index contributed by atoms with van der Waals surface area (Å²) >= 11 is 0. The molecule has 0 saturated carbocycles. The molecule has 3 heteroatoms. The lowest BCUT2D eigenvalue weighted by Gasteiger charge is -2.34. The number of fused-ring (bicyclic) bond motifs is 11. The Labute approximate surface area is 270 Å². The fourth-order valence-electron chi connectivity index (χ4n) is 9.09. The second kappa shape index (κ2) is 9.14. The third-order valence-corrected chi connectivity index (χ3v) is 11.2. The van der Waals surface area contributed by atoms with Gasteiger partial charge in [0.1, 0.15) is 0 Å². The van der Waals surface area contributed by atoms with Crippen LogP contribution in [-0.2, 0) is 10.8 Å². The van der Waals surface area contributed by atoms with Gasteiger partial charge in [-0.2, -0.15) is 0 Å². The predicted octanol–water partition coefficient (Wildman–Crippen LogP) is 8.34. The number of hydrogen-bond donors (Lipinski definition) is 3. The molecule has 0 saturated heterocycles. The van der Waals surface area contributed by atoms with Gasteiger partial charge in [-0.1, -0.05) is 117 Å². The summed E-state index contributed by atoms with van der Waals surface area (Å²) in [6.07, 6.45) is 15.6. The van der Waals surface area contributed by atoms with Crippen LogP contribution >= 0.6 is 0 Å². The predicted molar refractivity (Wildman–Crippen MR) is 188 cm³/mol. The van der Waals surface area contributed by atoms with Crippen LogP contribution in [0.1, 0.15) is 53.3 Å². The highest BCUT2D eigenvalue weighted by Crippen LogP contribution is 2.62. The topological polar surface area (TPSA) is 36.1 Å². The van der Waals surface area contributed by atoms with Crippen molar-refractivity contribution in [1.82, 2.24) is 16.0 Å². The number of dihydropyridines is 3. The second-order valence-corrected chi connectivity index (χ2v) is 13.8. The maximum absolute atomic E-state index is 3.93. The van der Waals surface area contributed by atoms with Crippen molar-refractivity contribution in [1.29, 1.82) is 0 Å². The fraction of sp³-hybridized carbons (Fsp3) is 0.163. The van der Waals surface area contributed by atoms with E-state index in [-0.39, 0.29) is 16.9 Å². The van der Waals surface area contributed by atoms with E-state index in [0.717, 1.165) is 13.1 Å². The molecule has 0 amide bonds. The lowest BCUT2D eigenvalue weighted by Crippen LogP contribution is -2.30. The molecule has 1 atom stereocenters. The van der Waals surface area contributed by atoms with Gasteiger partial charge in [0.05, 0.1) is 22.9 Å². The molecule has 3 aliphatic heterocycles. The van der Waals surface area contributed by atoms with Crippen molar-refractivity contribution in [3.8, 4) is 22.3 Å². The molecule has 4 aromatic rings. The van der Waals surface area contributed by atoms with Gasteiger partial charge in [-0.15, -0.1) is 0 Å². The molecule has 10 rings (SSSR count). The Kier molecular flexibility index (Phi) is 5.16. The Morgan fingerprint density at radius 2 is 1.37 bits per heavy atom. The van der Waals surface area contributed by atoms with Crippen LogP contribution in [-0.4, -0.2) is 13.1 Å². The van der Waals surface area contributed by atoms with Gasteiger partial charge in [0, 0.05) is 18.5 Å². The minimum absolute atomic E-state index is 0.0920. The average Bonchev–Trinajstić information content (AvgIpc) is 3.67. The van der Waals surface area contributed by atoms with Crippen LogP contribution in [0.4, 0.5) is 0 Å². The first-order valence-corrected chi connectivity index (χ1v) is 16.5. The summed E-state index contributed by atoms with van der Waals surface area (Å²) in [5.74, 6) is 0. The highest BCUT2D eigenvalue weighted by molar-refractivity contribution is 5.92. The molecular weight excluding hydrogens is 558 g/mol. The molecule has 0 aromatic heterocycles. The monoisotopic (exact) mass is 593 g/mol. The maximum atomic E-state index is 3.93. The number of benzene rings is 4. The molecule has 3 aliphatic carbocycles. The molecule has 0 radical (unpaired) electrons. The zero-order valence-electron chi connectivity index (χ0n) is 26.1. The van der Waals surface area contributed by atoms with Crippen molar-refractivity contribution in [3.63, 3.8) is 0 Å². The van der Waals surface area contributed by atoms with E-state index >= 15 is 0 Å². The van der Waals surface area contributed by atoms with Crippen LogP contribution in [0.2, 0.25) is 0 Å². The quantitative estimate of drug-likeness (QED) is 0.219. The third-order valence-electron chi connectivity index (χ3n) is 11.2. The van der Waals surface area contributed by atoms with Gasteiger partial charge < -0.3 is 16.0 Å². The van der Waals surface area contributed by atoms with Gasteiger partial charge in [0.25, 0.3) is 0 Å². The zero-order valence-corrected chi connectivity index (χ0v) is 26.1. The SMILES string of the molecule is CC1(C)c2cc(C3=CC4=C(NC3)C3=C(C=CCN3)C43c4ccccc4-c4ccccc43)ccc2-c2ccc(C3C=CC=CN3)cc21. The lowest BCUT2D eigenvalue weighted by atomic mass is 9.68. The van der Waals surface area contributed by atoms with Crippen LogP contribution in [0, 0.1) is 0 Å². The Balaban J connectivity index is 1.11. The van der Waals surface area contributed by atoms with Crippen molar-refractivity contribution in [2.75, 3.05) is 13.1 Å². The van der Waals surface area contributed by atoms with Gasteiger partial charge in [0.15, 0.2) is 0 Å². The molecule has 3 N–H and O–H groups in total. The molecule has 0 fully saturated rings. The summed E-state index contributed by atoms with van der Waals surface area (Å²) < 4.78 is 0. The molecule has 1 spiro atoms. The number of rotatable bonds is 2. The molecule has 3 heterocycles. The first-order valence-electron chi connectivity index (χ1n) is 16.5. The van der Waals surface area contributed by atoms with Crippen LogP contribution < -0.4 is 16.0 Å². The fourth-order valence-corrected chi connectivity index (χ4v) is 9.09. The molecular formula is C43H35N3. The van der Waals surface area contributed by atoms with E-state index in [2.05, 4.69) is 151 Å². The Hall–Kier alpha value is -5.28. The third kappa shape index (κ3) is 3.22. The normalized spacial score (nSPS) is 21.4. The summed E-state index contributed by atoms with van der Waals surface area (Å²) in [6, 6.07) is 32.5. The van der Waals surface area contributed by atoms with Crippen molar-refractivity contribution in [3.05, 3.63) is 184 Å². The van der Waals surface area contributed by atoms with Gasteiger partial charge in [-0.25, -0.2) is 0 Å². The molecule has 46 heavy (non-hydrogen) atoms. The van der Waals surface area contributed by atoms with Crippen LogP contribution in [0.5, 0.6) is 0 Å². The van der Waals surface area contributed by atoms with Crippen LogP contribution in [0.15, 0.2) is 150 Å². The molecule has 4 aromatic carbocycles. The Morgan fingerprint density at radius 3 is 2.13 bits per heavy atom. The van der Waals surface area contributed by atoms with Crippen molar-refractivity contribution < 1.29 is 0 Å². The average molecular weight is 594 g/mol. The van der Waals surface area contributed by atoms with E-state index in [4.69, 9.17) is 0 Å². The molecule has 6 aliphatic rings. The smallest absolute Gasteiger partial charge is 0.0755 e. The first kappa shape index (κ1) is 26.0. The first-order chi connectivity index (χ1) is 22.6. The van der Waals surface area contributed by atoms with E-state index in [0.29, 0.717) is 0 Å². The van der Waals surface area contributed by atoms with E-state index in [1.807, 2.05) is 6.20 Å². The number of nitrogens with one attached hydrogen (secondary N) is 3. The highest BCUT2D eigenvalue weighted by Gasteiger charge is 2.54. The van der Waals surface area contributed by atoms with Crippen molar-refractivity contribution >= 4 is 5.57 Å². The maximum Gasteiger partial charge on any atom is 0.0755 e. The summed E-state index contributed by atoms with van der Waals surface area (Å²) in [6.45, 7) is 6.42. The van der Waals surface area contributed by atoms with Gasteiger partial charge >= 0.3 is 0 Å². The van der Waals surface area contributed by atoms with E-state index in [9.17, 15) is 0 Å². The van der Waals surface area contributed by atoms with E-state index in [1.165, 1.54) is 83.7 Å². The van der Waals surface area contributed by atoms with E-state index in [1.54, 1.807) is 0 Å². The number of allylic oxidation sites excluding steroid dienone is 6. The molecule has 0 bridgehead atoms. The summed E-state index contributed by atoms with van der Waals surface area (Å²) in [4.78, 5) is 0. The summed E-state index contributed by atoms with van der Waals surface area (Å²) in [5, 5.41) is 11.2. The second-order valence-electron chi connectivity index (χ2n) is 13.8. The van der Waals surface area contributed by atoms with E-state index < -0.39 is 0 Å². The highest BCUT2D eigenvalue weighted by atomic mass is 15.0. The Bertz CT molecular complexity index is 2170. The molecule has 222 valence electrons.